The second kappa shape index (κ2) is 6.94. The molecule has 1 heterocycles. The van der Waals surface area contributed by atoms with Gasteiger partial charge in [0.15, 0.2) is 0 Å². The van der Waals surface area contributed by atoms with Crippen LogP contribution in [0.2, 0.25) is 0 Å². The van der Waals surface area contributed by atoms with E-state index in [9.17, 15) is 0 Å². The van der Waals surface area contributed by atoms with Crippen molar-refractivity contribution in [1.82, 2.24) is 5.32 Å². The highest BCUT2D eigenvalue weighted by Gasteiger charge is 2.39. The quantitative estimate of drug-likeness (QED) is 0.752. The highest BCUT2D eigenvalue weighted by Crippen LogP contribution is 2.45. The molecule has 1 N–H and O–H groups in total. The lowest BCUT2D eigenvalue weighted by Crippen LogP contribution is -2.28. The Morgan fingerprint density at radius 1 is 1.35 bits per heavy atom. The molecule has 0 saturated carbocycles. The van der Waals surface area contributed by atoms with Gasteiger partial charge in [-0.05, 0) is 44.9 Å². The monoisotopic (exact) mass is 273 g/mol. The van der Waals surface area contributed by atoms with Crippen LogP contribution in [0.1, 0.15) is 50.7 Å². The van der Waals surface area contributed by atoms with Crippen LogP contribution in [0.25, 0.3) is 0 Å². The number of fused-ring (bicyclic) bond motifs is 1. The molecule has 2 rings (SSSR count). The summed E-state index contributed by atoms with van der Waals surface area (Å²) in [6.45, 7) is 6.13. The predicted octanol–water partition coefficient (Wildman–Crippen LogP) is 4.19. The molecule has 20 heavy (non-hydrogen) atoms. The molecule has 0 amide bonds. The van der Waals surface area contributed by atoms with Gasteiger partial charge < -0.3 is 10.1 Å². The van der Waals surface area contributed by atoms with E-state index in [1.807, 2.05) is 7.05 Å². The number of rotatable bonds is 7. The number of hydrogen-bond acceptors (Lipinski definition) is 2. The van der Waals surface area contributed by atoms with E-state index in [-0.39, 0.29) is 5.41 Å². The zero-order valence-electron chi connectivity index (χ0n) is 13.0. The minimum absolute atomic E-state index is 0.216. The second-order valence-electron chi connectivity index (χ2n) is 5.79. The maximum Gasteiger partial charge on any atom is 0.123 e. The van der Waals surface area contributed by atoms with Crippen molar-refractivity contribution >= 4 is 0 Å². The van der Waals surface area contributed by atoms with E-state index in [0.717, 1.165) is 25.3 Å². The van der Waals surface area contributed by atoms with Crippen molar-refractivity contribution in [2.45, 2.75) is 51.5 Å². The molecule has 0 radical (unpaired) electrons. The molecule has 0 saturated heterocycles. The summed E-state index contributed by atoms with van der Waals surface area (Å²) in [5.74, 6) is 1.10. The Bertz CT molecular complexity index is 462. The molecule has 2 heteroatoms. The van der Waals surface area contributed by atoms with Crippen LogP contribution in [0.4, 0.5) is 0 Å². The van der Waals surface area contributed by atoms with E-state index >= 15 is 0 Å². The van der Waals surface area contributed by atoms with Gasteiger partial charge in [-0.2, -0.15) is 0 Å². The number of benzene rings is 1. The summed E-state index contributed by atoms with van der Waals surface area (Å²) in [4.78, 5) is 0. The molecule has 0 aliphatic carbocycles. The van der Waals surface area contributed by atoms with Gasteiger partial charge in [-0.3, -0.25) is 0 Å². The van der Waals surface area contributed by atoms with Gasteiger partial charge in [0.05, 0.1) is 6.61 Å². The van der Waals surface area contributed by atoms with E-state index in [1.165, 1.54) is 30.4 Å². The van der Waals surface area contributed by atoms with Gasteiger partial charge in [-0.15, -0.1) is 0 Å². The molecule has 0 bridgehead atoms. The van der Waals surface area contributed by atoms with E-state index in [4.69, 9.17) is 4.74 Å². The summed E-state index contributed by atoms with van der Waals surface area (Å²) < 4.78 is 5.99. The lowest BCUT2D eigenvalue weighted by atomic mass is 9.74. The Balaban J connectivity index is 2.29. The van der Waals surface area contributed by atoms with Crippen LogP contribution in [0.5, 0.6) is 5.75 Å². The third-order valence-electron chi connectivity index (χ3n) is 4.25. The smallest absolute Gasteiger partial charge is 0.123 e. The van der Waals surface area contributed by atoms with Gasteiger partial charge in [0, 0.05) is 17.5 Å². The van der Waals surface area contributed by atoms with Crippen LogP contribution >= 0.6 is 0 Å². The fourth-order valence-electron chi connectivity index (χ4n) is 3.27. The first kappa shape index (κ1) is 15.1. The van der Waals surface area contributed by atoms with Crippen molar-refractivity contribution < 1.29 is 4.74 Å². The summed E-state index contributed by atoms with van der Waals surface area (Å²) in [5.41, 5.74) is 2.99. The summed E-state index contributed by atoms with van der Waals surface area (Å²) in [7, 11) is 2.00. The van der Waals surface area contributed by atoms with E-state index in [1.54, 1.807) is 0 Å². The largest absolute Gasteiger partial charge is 0.492 e. The normalized spacial score (nSPS) is 21.1. The second-order valence-corrected chi connectivity index (χ2v) is 5.79. The Labute approximate surface area is 123 Å². The zero-order chi connectivity index (χ0) is 14.4. The van der Waals surface area contributed by atoms with Crippen LogP contribution < -0.4 is 10.1 Å². The van der Waals surface area contributed by atoms with Crippen molar-refractivity contribution in [1.29, 1.82) is 0 Å². The van der Waals surface area contributed by atoms with Gasteiger partial charge in [0.25, 0.3) is 0 Å². The van der Waals surface area contributed by atoms with Crippen molar-refractivity contribution in [3.63, 3.8) is 0 Å². The van der Waals surface area contributed by atoms with E-state index in [0.29, 0.717) is 0 Å². The minimum Gasteiger partial charge on any atom is -0.492 e. The van der Waals surface area contributed by atoms with Crippen LogP contribution in [0.3, 0.4) is 0 Å². The molecule has 1 aliphatic rings. The Kier molecular flexibility index (Phi) is 5.24. The van der Waals surface area contributed by atoms with E-state index in [2.05, 4.69) is 49.5 Å². The summed E-state index contributed by atoms with van der Waals surface area (Å²) in [6.07, 6.45) is 9.15. The van der Waals surface area contributed by atoms with E-state index < -0.39 is 0 Å². The number of nitrogens with one attached hydrogen (secondary N) is 1. The van der Waals surface area contributed by atoms with Crippen molar-refractivity contribution in [3.8, 4) is 5.75 Å². The van der Waals surface area contributed by atoms with Gasteiger partial charge in [-0.1, -0.05) is 37.6 Å². The number of allylic oxidation sites excluding steroid dienone is 2. The van der Waals surface area contributed by atoms with Crippen LogP contribution in [0, 0.1) is 0 Å². The average molecular weight is 273 g/mol. The molecule has 0 fully saturated rings. The Hall–Kier alpha value is -1.28. The Morgan fingerprint density at radius 2 is 2.20 bits per heavy atom. The van der Waals surface area contributed by atoms with Gasteiger partial charge in [0.2, 0.25) is 0 Å². The van der Waals surface area contributed by atoms with Crippen LogP contribution in [-0.2, 0) is 12.0 Å². The van der Waals surface area contributed by atoms with Crippen LogP contribution in [-0.4, -0.2) is 13.7 Å². The van der Waals surface area contributed by atoms with Crippen LogP contribution in [0.15, 0.2) is 30.4 Å². The SMILES string of the molecule is CC=CCCC1(CCC)COc2ccc(CNC)cc21. The third-order valence-corrected chi connectivity index (χ3v) is 4.25. The molecule has 1 aromatic rings. The molecule has 0 spiro atoms. The molecule has 2 nitrogen and oxygen atoms in total. The molecule has 110 valence electrons. The molecule has 1 atom stereocenters. The standard InChI is InChI=1S/C18H27NO/c1-4-6-7-11-18(10-5-2)14-20-17-9-8-15(13-19-3)12-16(17)18/h4,6,8-9,12,19H,5,7,10-11,13-14H2,1-3H3. The lowest BCUT2D eigenvalue weighted by molar-refractivity contribution is 0.241. The molecular weight excluding hydrogens is 246 g/mol. The maximum absolute atomic E-state index is 5.99. The van der Waals surface area contributed by atoms with Gasteiger partial charge >= 0.3 is 0 Å². The molecule has 1 unspecified atom stereocenters. The topological polar surface area (TPSA) is 21.3 Å². The van der Waals surface area contributed by atoms with Gasteiger partial charge in [0.1, 0.15) is 5.75 Å². The first-order chi connectivity index (χ1) is 9.75. The number of hydrogen-bond donors (Lipinski definition) is 1. The first-order valence-electron chi connectivity index (χ1n) is 7.77. The molecule has 1 aliphatic heterocycles. The van der Waals surface area contributed by atoms with Crippen molar-refractivity contribution in [3.05, 3.63) is 41.5 Å². The zero-order valence-corrected chi connectivity index (χ0v) is 13.0. The Morgan fingerprint density at radius 3 is 2.90 bits per heavy atom. The summed E-state index contributed by atoms with van der Waals surface area (Å²) >= 11 is 0. The molecule has 0 aromatic heterocycles. The average Bonchev–Trinajstić information content (AvgIpc) is 2.79. The third kappa shape index (κ3) is 3.06. The van der Waals surface area contributed by atoms with Gasteiger partial charge in [-0.25, -0.2) is 0 Å². The summed E-state index contributed by atoms with van der Waals surface area (Å²) in [6, 6.07) is 6.67. The van der Waals surface area contributed by atoms with Crippen molar-refractivity contribution in [2.24, 2.45) is 0 Å². The molecular formula is C18H27NO. The maximum atomic E-state index is 5.99. The lowest BCUT2D eigenvalue weighted by Gasteiger charge is -2.27. The minimum atomic E-state index is 0.216. The fourth-order valence-corrected chi connectivity index (χ4v) is 3.27. The fraction of sp³-hybridized carbons (Fsp3) is 0.556. The first-order valence-corrected chi connectivity index (χ1v) is 7.77. The highest BCUT2D eigenvalue weighted by molar-refractivity contribution is 5.46. The predicted molar refractivity (Wildman–Crippen MR) is 85.3 cm³/mol. The highest BCUT2D eigenvalue weighted by atomic mass is 16.5. The van der Waals surface area contributed by atoms with Crippen molar-refractivity contribution in [2.75, 3.05) is 13.7 Å². The summed E-state index contributed by atoms with van der Waals surface area (Å²) in [5, 5.41) is 3.23. The number of ether oxygens (including phenoxy) is 1. The molecule has 1 aromatic carbocycles.